The second-order valence-corrected chi connectivity index (χ2v) is 4.82. The molecule has 0 heterocycles. The summed E-state index contributed by atoms with van der Waals surface area (Å²) in [5.74, 6) is 0.442. The maximum Gasteiger partial charge on any atom is 0.123 e. The Morgan fingerprint density at radius 3 is 2.35 bits per heavy atom. The van der Waals surface area contributed by atoms with Gasteiger partial charge in [-0.3, -0.25) is 0 Å². The fourth-order valence-corrected chi connectivity index (χ4v) is 2.51. The van der Waals surface area contributed by atoms with Crippen molar-refractivity contribution >= 4 is 37.5 Å². The van der Waals surface area contributed by atoms with Crippen LogP contribution >= 0.6 is 15.9 Å². The average molecular weight is 289 g/mol. The van der Waals surface area contributed by atoms with Gasteiger partial charge in [0.05, 0.1) is 0 Å². The summed E-state index contributed by atoms with van der Waals surface area (Å²) >= 11 is 3.46. The van der Waals surface area contributed by atoms with E-state index in [4.69, 9.17) is 0 Å². The predicted molar refractivity (Wildman–Crippen MR) is 72.5 cm³/mol. The third kappa shape index (κ3) is 1.54. The predicted octanol–water partition coefficient (Wildman–Crippen LogP) is 4.17. The number of hydrogen-bond acceptors (Lipinski definition) is 2. The minimum Gasteiger partial charge on any atom is -0.507 e. The largest absolute Gasteiger partial charge is 0.507 e. The van der Waals surface area contributed by atoms with E-state index in [-0.39, 0.29) is 11.5 Å². The molecule has 0 fully saturated rings. The number of benzene rings is 3. The quantitative estimate of drug-likeness (QED) is 0.610. The smallest absolute Gasteiger partial charge is 0.123 e. The molecule has 0 atom stereocenters. The lowest BCUT2D eigenvalue weighted by molar-refractivity contribution is 0.481. The highest BCUT2D eigenvalue weighted by molar-refractivity contribution is 9.10. The summed E-state index contributed by atoms with van der Waals surface area (Å²) in [6.45, 7) is 0. The van der Waals surface area contributed by atoms with Gasteiger partial charge in [0.15, 0.2) is 0 Å². The lowest BCUT2D eigenvalue weighted by Gasteiger charge is -2.07. The summed E-state index contributed by atoms with van der Waals surface area (Å²) in [7, 11) is 0. The van der Waals surface area contributed by atoms with Crippen LogP contribution in [0.2, 0.25) is 0 Å². The molecule has 0 spiro atoms. The highest BCUT2D eigenvalue weighted by atomic mass is 79.9. The van der Waals surface area contributed by atoms with Crippen LogP contribution in [0.15, 0.2) is 46.9 Å². The lowest BCUT2D eigenvalue weighted by Crippen LogP contribution is -1.79. The molecule has 0 aliphatic carbocycles. The Kier molecular flexibility index (Phi) is 2.23. The topological polar surface area (TPSA) is 40.5 Å². The maximum atomic E-state index is 9.84. The van der Waals surface area contributed by atoms with Crippen molar-refractivity contribution in [1.82, 2.24) is 0 Å². The fourth-order valence-electron chi connectivity index (χ4n) is 2.05. The van der Waals surface area contributed by atoms with E-state index in [1.807, 2.05) is 18.2 Å². The molecule has 0 radical (unpaired) electrons. The van der Waals surface area contributed by atoms with Crippen molar-refractivity contribution in [3.05, 3.63) is 46.9 Å². The molecule has 0 aliphatic heterocycles. The van der Waals surface area contributed by atoms with Crippen molar-refractivity contribution in [1.29, 1.82) is 0 Å². The Morgan fingerprint density at radius 1 is 0.765 bits per heavy atom. The van der Waals surface area contributed by atoms with Crippen molar-refractivity contribution in [3.8, 4) is 11.5 Å². The summed E-state index contributed by atoms with van der Waals surface area (Å²) in [5.41, 5.74) is 0. The van der Waals surface area contributed by atoms with Crippen LogP contribution in [0.25, 0.3) is 21.5 Å². The number of hydrogen-bond donors (Lipinski definition) is 2. The molecule has 0 unspecified atom stereocenters. The van der Waals surface area contributed by atoms with Gasteiger partial charge < -0.3 is 10.2 Å². The van der Waals surface area contributed by atoms with Gasteiger partial charge in [-0.15, -0.1) is 0 Å². The number of phenols is 2. The van der Waals surface area contributed by atoms with Gasteiger partial charge in [0.2, 0.25) is 0 Å². The van der Waals surface area contributed by atoms with Crippen LogP contribution in [0.5, 0.6) is 11.5 Å². The van der Waals surface area contributed by atoms with E-state index in [2.05, 4.69) is 15.9 Å². The van der Waals surface area contributed by atoms with Gasteiger partial charge in [0, 0.05) is 20.6 Å². The monoisotopic (exact) mass is 288 g/mol. The molecule has 0 aromatic heterocycles. The van der Waals surface area contributed by atoms with Gasteiger partial charge in [-0.25, -0.2) is 0 Å². The molecule has 3 heteroatoms. The zero-order valence-corrected chi connectivity index (χ0v) is 10.4. The van der Waals surface area contributed by atoms with Gasteiger partial charge in [-0.2, -0.15) is 0 Å². The molecule has 2 N–H and O–H groups in total. The fraction of sp³-hybridized carbons (Fsp3) is 0. The van der Waals surface area contributed by atoms with Crippen molar-refractivity contribution < 1.29 is 10.2 Å². The van der Waals surface area contributed by atoms with Crippen LogP contribution in [-0.2, 0) is 0 Å². The van der Waals surface area contributed by atoms with E-state index in [0.717, 1.165) is 26.0 Å². The number of fused-ring (bicyclic) bond motifs is 2. The Labute approximate surface area is 106 Å². The van der Waals surface area contributed by atoms with Gasteiger partial charge in [0.1, 0.15) is 11.5 Å². The Bertz CT molecular complexity index is 735. The van der Waals surface area contributed by atoms with E-state index < -0.39 is 0 Å². The molecule has 0 aliphatic rings. The highest BCUT2D eigenvalue weighted by Gasteiger charge is 2.07. The molecule has 3 rings (SSSR count). The summed E-state index contributed by atoms with van der Waals surface area (Å²) < 4.78 is 0.926. The summed E-state index contributed by atoms with van der Waals surface area (Å²) in [6.07, 6.45) is 0. The molecular formula is C14H9BrO2. The average Bonchev–Trinajstić information content (AvgIpc) is 2.33. The van der Waals surface area contributed by atoms with E-state index in [9.17, 15) is 10.2 Å². The molecule has 3 aromatic rings. The SMILES string of the molecule is Oc1cccc2cc3c(Br)ccc(O)c3cc12. The molecule has 0 bridgehead atoms. The molecular weight excluding hydrogens is 280 g/mol. The number of halogens is 1. The van der Waals surface area contributed by atoms with Gasteiger partial charge >= 0.3 is 0 Å². The van der Waals surface area contributed by atoms with E-state index >= 15 is 0 Å². The first-order valence-corrected chi connectivity index (χ1v) is 5.99. The van der Waals surface area contributed by atoms with Crippen LogP contribution in [0.3, 0.4) is 0 Å². The Balaban J connectivity index is 2.57. The molecule has 0 amide bonds. The Hall–Kier alpha value is -1.74. The zero-order valence-electron chi connectivity index (χ0n) is 8.81. The van der Waals surface area contributed by atoms with Crippen LogP contribution < -0.4 is 0 Å². The lowest BCUT2D eigenvalue weighted by atomic mass is 10.0. The first-order chi connectivity index (χ1) is 8.16. The standard InChI is InChI=1S/C14H9BrO2/c15-12-4-5-14(17)11-7-9-8(6-10(11)12)2-1-3-13(9)16/h1-7,16-17H. The summed E-state index contributed by atoms with van der Waals surface area (Å²) in [5, 5.41) is 23.0. The Morgan fingerprint density at radius 2 is 1.53 bits per heavy atom. The second kappa shape index (κ2) is 3.64. The van der Waals surface area contributed by atoms with Crippen LogP contribution in [0, 0.1) is 0 Å². The van der Waals surface area contributed by atoms with E-state index in [1.165, 1.54) is 0 Å². The van der Waals surface area contributed by atoms with Crippen LogP contribution in [0.1, 0.15) is 0 Å². The molecule has 0 saturated carbocycles. The van der Waals surface area contributed by atoms with Crippen molar-refractivity contribution in [2.45, 2.75) is 0 Å². The minimum absolute atomic E-state index is 0.216. The van der Waals surface area contributed by atoms with Gasteiger partial charge in [-0.1, -0.05) is 28.1 Å². The minimum atomic E-state index is 0.216. The molecule has 0 saturated heterocycles. The van der Waals surface area contributed by atoms with E-state index in [1.54, 1.807) is 24.3 Å². The zero-order chi connectivity index (χ0) is 12.0. The molecule has 84 valence electrons. The second-order valence-electron chi connectivity index (χ2n) is 3.96. The van der Waals surface area contributed by atoms with Crippen molar-refractivity contribution in [2.24, 2.45) is 0 Å². The van der Waals surface area contributed by atoms with Crippen molar-refractivity contribution in [3.63, 3.8) is 0 Å². The molecule has 3 aromatic carbocycles. The third-order valence-corrected chi connectivity index (χ3v) is 3.61. The van der Waals surface area contributed by atoms with Crippen LogP contribution in [0.4, 0.5) is 0 Å². The highest BCUT2D eigenvalue weighted by Crippen LogP contribution is 2.36. The molecule has 2 nitrogen and oxygen atoms in total. The third-order valence-electron chi connectivity index (χ3n) is 2.92. The number of rotatable bonds is 0. The van der Waals surface area contributed by atoms with Gasteiger partial charge in [-0.05, 0) is 35.7 Å². The number of aromatic hydroxyl groups is 2. The first-order valence-electron chi connectivity index (χ1n) is 5.20. The van der Waals surface area contributed by atoms with Gasteiger partial charge in [0.25, 0.3) is 0 Å². The number of phenolic OH excluding ortho intramolecular Hbond substituents is 2. The van der Waals surface area contributed by atoms with E-state index in [0.29, 0.717) is 0 Å². The maximum absolute atomic E-state index is 9.84. The first kappa shape index (κ1) is 10.4. The van der Waals surface area contributed by atoms with Crippen molar-refractivity contribution in [2.75, 3.05) is 0 Å². The molecule has 17 heavy (non-hydrogen) atoms. The summed E-state index contributed by atoms with van der Waals surface area (Å²) in [4.78, 5) is 0. The normalized spacial score (nSPS) is 11.1. The summed E-state index contributed by atoms with van der Waals surface area (Å²) in [6, 6.07) is 12.6. The van der Waals surface area contributed by atoms with Crippen LogP contribution in [-0.4, -0.2) is 10.2 Å².